The van der Waals surface area contributed by atoms with E-state index in [1.165, 1.54) is 6.42 Å². The SMILES string of the molecule is Cc1nccc(-c2cc3n(c(=O)c2)C[C@@H]2CNC[C@H]3C2)n1. The Hall–Kier alpha value is -2.01. The van der Waals surface area contributed by atoms with Crippen LogP contribution in [0.5, 0.6) is 0 Å². The summed E-state index contributed by atoms with van der Waals surface area (Å²) in [7, 11) is 0. The van der Waals surface area contributed by atoms with Crippen LogP contribution < -0.4 is 10.9 Å². The number of nitrogens with one attached hydrogen (secondary N) is 1. The van der Waals surface area contributed by atoms with Gasteiger partial charge in [0.05, 0.1) is 5.69 Å². The van der Waals surface area contributed by atoms with Crippen molar-refractivity contribution >= 4 is 0 Å². The molecule has 0 amide bonds. The molecule has 5 nitrogen and oxygen atoms in total. The van der Waals surface area contributed by atoms with E-state index in [1.54, 1.807) is 12.3 Å². The lowest BCUT2D eigenvalue weighted by Gasteiger charge is -2.37. The van der Waals surface area contributed by atoms with Crippen molar-refractivity contribution in [2.45, 2.75) is 25.8 Å². The van der Waals surface area contributed by atoms with E-state index in [1.807, 2.05) is 17.6 Å². The predicted octanol–water partition coefficient (Wildman–Crippen LogP) is 1.32. The second kappa shape index (κ2) is 4.77. The van der Waals surface area contributed by atoms with Crippen LogP contribution in [0.4, 0.5) is 0 Å². The molecule has 1 fully saturated rings. The number of rotatable bonds is 1. The van der Waals surface area contributed by atoms with Crippen molar-refractivity contribution in [3.05, 3.63) is 46.3 Å². The van der Waals surface area contributed by atoms with Gasteiger partial charge in [0.1, 0.15) is 5.82 Å². The molecule has 2 atom stereocenters. The Bertz CT molecular complexity index is 752. The molecule has 2 aromatic rings. The fraction of sp³-hybridized carbons (Fsp3) is 0.438. The minimum atomic E-state index is 0.0929. The summed E-state index contributed by atoms with van der Waals surface area (Å²) in [5, 5.41) is 3.47. The van der Waals surface area contributed by atoms with E-state index in [0.29, 0.717) is 11.8 Å². The average Bonchev–Trinajstić information content (AvgIpc) is 2.48. The van der Waals surface area contributed by atoms with Crippen molar-refractivity contribution in [1.82, 2.24) is 19.9 Å². The number of fused-ring (bicyclic) bond motifs is 4. The first-order valence-corrected chi connectivity index (χ1v) is 7.46. The predicted molar refractivity (Wildman–Crippen MR) is 80.2 cm³/mol. The van der Waals surface area contributed by atoms with Crippen LogP contribution in [-0.4, -0.2) is 27.6 Å². The molecule has 108 valence electrons. The smallest absolute Gasteiger partial charge is 0.251 e. The maximum atomic E-state index is 12.5. The van der Waals surface area contributed by atoms with E-state index >= 15 is 0 Å². The second-order valence-corrected chi connectivity index (χ2v) is 6.06. The van der Waals surface area contributed by atoms with Gasteiger partial charge in [-0.15, -0.1) is 0 Å². The van der Waals surface area contributed by atoms with Crippen LogP contribution in [0.3, 0.4) is 0 Å². The van der Waals surface area contributed by atoms with Gasteiger partial charge in [-0.2, -0.15) is 0 Å². The van der Waals surface area contributed by atoms with E-state index in [2.05, 4.69) is 21.4 Å². The molecule has 4 rings (SSSR count). The van der Waals surface area contributed by atoms with Crippen molar-refractivity contribution in [2.24, 2.45) is 5.92 Å². The summed E-state index contributed by atoms with van der Waals surface area (Å²) in [6.45, 7) is 4.68. The first-order chi connectivity index (χ1) is 10.2. The van der Waals surface area contributed by atoms with Crippen molar-refractivity contribution in [3.8, 4) is 11.3 Å². The lowest BCUT2D eigenvalue weighted by molar-refractivity contribution is 0.257. The van der Waals surface area contributed by atoms with E-state index in [0.717, 1.165) is 42.4 Å². The monoisotopic (exact) mass is 282 g/mol. The molecular weight excluding hydrogens is 264 g/mol. The van der Waals surface area contributed by atoms with E-state index in [-0.39, 0.29) is 5.56 Å². The Kier molecular flexibility index (Phi) is 2.89. The number of hydrogen-bond acceptors (Lipinski definition) is 4. The lowest BCUT2D eigenvalue weighted by atomic mass is 9.83. The highest BCUT2D eigenvalue weighted by atomic mass is 16.1. The quantitative estimate of drug-likeness (QED) is 0.857. The average molecular weight is 282 g/mol. The molecular formula is C16H18N4O. The third-order valence-corrected chi connectivity index (χ3v) is 4.53. The number of piperidine rings is 1. The molecule has 4 heterocycles. The number of aryl methyl sites for hydroxylation is 1. The second-order valence-electron chi connectivity index (χ2n) is 6.06. The van der Waals surface area contributed by atoms with E-state index in [9.17, 15) is 4.79 Å². The highest BCUT2D eigenvalue weighted by Gasteiger charge is 2.31. The van der Waals surface area contributed by atoms with Gasteiger partial charge in [-0.05, 0) is 37.9 Å². The van der Waals surface area contributed by atoms with Crippen molar-refractivity contribution in [3.63, 3.8) is 0 Å². The van der Waals surface area contributed by atoms with Gasteiger partial charge in [0, 0.05) is 42.5 Å². The van der Waals surface area contributed by atoms with Crippen LogP contribution >= 0.6 is 0 Å². The normalized spacial score (nSPS) is 23.7. The molecule has 5 heteroatoms. The topological polar surface area (TPSA) is 59.8 Å². The Morgan fingerprint density at radius 3 is 3.10 bits per heavy atom. The summed E-state index contributed by atoms with van der Waals surface area (Å²) in [4.78, 5) is 21.0. The first kappa shape index (κ1) is 12.7. The highest BCUT2D eigenvalue weighted by molar-refractivity contribution is 5.59. The van der Waals surface area contributed by atoms with Crippen LogP contribution in [0.1, 0.15) is 23.9 Å². The summed E-state index contributed by atoms with van der Waals surface area (Å²) in [5.41, 5.74) is 2.97. The van der Waals surface area contributed by atoms with Crippen LogP contribution in [0.2, 0.25) is 0 Å². The summed E-state index contributed by atoms with van der Waals surface area (Å²) >= 11 is 0. The molecule has 2 aliphatic rings. The molecule has 2 bridgehead atoms. The molecule has 0 aliphatic carbocycles. The number of nitrogens with zero attached hydrogens (tertiary/aromatic N) is 3. The lowest BCUT2D eigenvalue weighted by Crippen LogP contribution is -2.44. The number of pyridine rings is 1. The fourth-order valence-electron chi connectivity index (χ4n) is 3.57. The van der Waals surface area contributed by atoms with Crippen molar-refractivity contribution < 1.29 is 0 Å². The zero-order valence-corrected chi connectivity index (χ0v) is 12.0. The molecule has 0 aromatic carbocycles. The summed E-state index contributed by atoms with van der Waals surface area (Å²) < 4.78 is 1.96. The zero-order chi connectivity index (χ0) is 14.4. The van der Waals surface area contributed by atoms with Gasteiger partial charge < -0.3 is 9.88 Å². The van der Waals surface area contributed by atoms with Crippen molar-refractivity contribution in [2.75, 3.05) is 13.1 Å². The van der Waals surface area contributed by atoms with Gasteiger partial charge in [0.15, 0.2) is 0 Å². The van der Waals surface area contributed by atoms with Gasteiger partial charge in [0.2, 0.25) is 0 Å². The van der Waals surface area contributed by atoms with Crippen LogP contribution in [0.25, 0.3) is 11.3 Å². The van der Waals surface area contributed by atoms with Gasteiger partial charge in [0.25, 0.3) is 5.56 Å². The summed E-state index contributed by atoms with van der Waals surface area (Å²) in [6, 6.07) is 5.71. The van der Waals surface area contributed by atoms with E-state index < -0.39 is 0 Å². The fourth-order valence-corrected chi connectivity index (χ4v) is 3.57. The first-order valence-electron chi connectivity index (χ1n) is 7.46. The summed E-state index contributed by atoms with van der Waals surface area (Å²) in [6.07, 6.45) is 2.92. The Morgan fingerprint density at radius 1 is 1.33 bits per heavy atom. The maximum Gasteiger partial charge on any atom is 0.251 e. The van der Waals surface area contributed by atoms with Crippen LogP contribution in [0.15, 0.2) is 29.2 Å². The molecule has 2 aromatic heterocycles. The maximum absolute atomic E-state index is 12.5. The third kappa shape index (κ3) is 2.17. The molecule has 21 heavy (non-hydrogen) atoms. The molecule has 2 aliphatic heterocycles. The number of hydrogen-bond donors (Lipinski definition) is 1. The van der Waals surface area contributed by atoms with Gasteiger partial charge in [-0.1, -0.05) is 0 Å². The van der Waals surface area contributed by atoms with Crippen LogP contribution in [-0.2, 0) is 6.54 Å². The molecule has 1 N–H and O–H groups in total. The minimum absolute atomic E-state index is 0.0929. The minimum Gasteiger partial charge on any atom is -0.316 e. The number of aromatic nitrogens is 3. The summed E-state index contributed by atoms with van der Waals surface area (Å²) in [5.74, 6) is 1.75. The third-order valence-electron chi connectivity index (χ3n) is 4.53. The molecule has 0 spiro atoms. The van der Waals surface area contributed by atoms with Gasteiger partial charge in [-0.25, -0.2) is 9.97 Å². The Morgan fingerprint density at radius 2 is 2.24 bits per heavy atom. The molecule has 1 saturated heterocycles. The largest absolute Gasteiger partial charge is 0.316 e. The molecule has 0 saturated carbocycles. The zero-order valence-electron chi connectivity index (χ0n) is 12.0. The van der Waals surface area contributed by atoms with Gasteiger partial charge >= 0.3 is 0 Å². The van der Waals surface area contributed by atoms with Crippen molar-refractivity contribution in [1.29, 1.82) is 0 Å². The Balaban J connectivity index is 1.85. The molecule has 0 unspecified atom stereocenters. The van der Waals surface area contributed by atoms with Crippen LogP contribution in [0, 0.1) is 12.8 Å². The Labute approximate surface area is 123 Å². The molecule has 0 radical (unpaired) electrons. The standard InChI is InChI=1S/C16H18N4O/c1-10-18-3-2-14(19-10)12-5-15-13-4-11(7-17-8-13)9-20(15)16(21)6-12/h2-3,5-6,11,13,17H,4,7-9H2,1H3/t11-,13+/m0/s1. The van der Waals surface area contributed by atoms with E-state index in [4.69, 9.17) is 0 Å². The van der Waals surface area contributed by atoms with Gasteiger partial charge in [-0.3, -0.25) is 4.79 Å². The highest BCUT2D eigenvalue weighted by Crippen LogP contribution is 2.33.